The van der Waals surface area contributed by atoms with Gasteiger partial charge in [0.05, 0.1) is 17.6 Å². The molecule has 1 saturated carbocycles. The topological polar surface area (TPSA) is 38.0 Å². The van der Waals surface area contributed by atoms with Crippen LogP contribution in [0.1, 0.15) is 49.4 Å². The van der Waals surface area contributed by atoms with Gasteiger partial charge in [-0.05, 0) is 30.5 Å². The first-order valence-corrected chi connectivity index (χ1v) is 6.85. The van der Waals surface area contributed by atoms with E-state index in [4.69, 9.17) is 4.98 Å². The molecular weight excluding hydrogens is 224 g/mol. The molecule has 2 aromatic rings. The highest BCUT2D eigenvalue weighted by Crippen LogP contribution is 2.33. The van der Waals surface area contributed by atoms with Crippen LogP contribution in [-0.2, 0) is 13.7 Å². The fraction of sp³-hybridized carbons (Fsp3) is 0.533. The number of aliphatic hydroxyl groups is 1. The Labute approximate surface area is 107 Å². The number of hydrogen-bond acceptors (Lipinski definition) is 2. The molecular formula is C15H20N2O. The van der Waals surface area contributed by atoms with Gasteiger partial charge in [0, 0.05) is 13.0 Å². The number of aryl methyl sites for hydroxylation is 1. The lowest BCUT2D eigenvalue weighted by Gasteiger charge is -2.21. The highest BCUT2D eigenvalue weighted by Gasteiger charge is 2.20. The van der Waals surface area contributed by atoms with E-state index in [9.17, 15) is 5.11 Å². The molecule has 1 aliphatic rings. The second kappa shape index (κ2) is 4.73. The molecule has 3 nitrogen and oxygen atoms in total. The first-order chi connectivity index (χ1) is 8.79. The highest BCUT2D eigenvalue weighted by molar-refractivity contribution is 5.77. The van der Waals surface area contributed by atoms with Crippen molar-refractivity contribution in [2.45, 2.75) is 44.6 Å². The molecule has 0 radical (unpaired) electrons. The second-order valence-electron chi connectivity index (χ2n) is 5.35. The van der Waals surface area contributed by atoms with E-state index in [0.717, 1.165) is 16.6 Å². The first-order valence-electron chi connectivity index (χ1n) is 6.85. The smallest absolute Gasteiger partial charge is 0.112 e. The minimum Gasteiger partial charge on any atom is -0.392 e. The molecule has 1 heterocycles. The normalized spacial score (nSPS) is 17.4. The van der Waals surface area contributed by atoms with Crippen molar-refractivity contribution in [3.05, 3.63) is 29.6 Å². The lowest BCUT2D eigenvalue weighted by molar-refractivity contribution is 0.282. The molecule has 0 amide bonds. The van der Waals surface area contributed by atoms with Crippen LogP contribution in [0, 0.1) is 0 Å². The van der Waals surface area contributed by atoms with Crippen LogP contribution in [0.25, 0.3) is 11.0 Å². The Hall–Kier alpha value is -1.35. The first kappa shape index (κ1) is 11.7. The molecule has 0 spiro atoms. The fourth-order valence-corrected chi connectivity index (χ4v) is 3.08. The molecule has 96 valence electrons. The number of fused-ring (bicyclic) bond motifs is 1. The van der Waals surface area contributed by atoms with Gasteiger partial charge in [0.1, 0.15) is 5.82 Å². The monoisotopic (exact) mass is 244 g/mol. The third-order valence-electron chi connectivity index (χ3n) is 4.13. The zero-order chi connectivity index (χ0) is 12.5. The molecule has 1 aromatic heterocycles. The standard InChI is InChI=1S/C15H20N2O/c1-17-14-9-11(10-18)7-8-13(14)16-15(17)12-5-3-2-4-6-12/h7-9,12,18H,2-6,10H2,1H3. The number of imidazole rings is 1. The van der Waals surface area contributed by atoms with Gasteiger partial charge < -0.3 is 9.67 Å². The van der Waals surface area contributed by atoms with E-state index in [-0.39, 0.29) is 6.61 Å². The van der Waals surface area contributed by atoms with E-state index in [0.29, 0.717) is 5.92 Å². The van der Waals surface area contributed by atoms with E-state index in [1.165, 1.54) is 37.9 Å². The van der Waals surface area contributed by atoms with Gasteiger partial charge >= 0.3 is 0 Å². The van der Waals surface area contributed by atoms with E-state index < -0.39 is 0 Å². The molecule has 1 fully saturated rings. The van der Waals surface area contributed by atoms with Crippen molar-refractivity contribution in [3.63, 3.8) is 0 Å². The lowest BCUT2D eigenvalue weighted by Crippen LogP contribution is -2.10. The van der Waals surface area contributed by atoms with Gasteiger partial charge in [0.15, 0.2) is 0 Å². The van der Waals surface area contributed by atoms with E-state index >= 15 is 0 Å². The summed E-state index contributed by atoms with van der Waals surface area (Å²) < 4.78 is 2.21. The summed E-state index contributed by atoms with van der Waals surface area (Å²) in [6.45, 7) is 0.0971. The Morgan fingerprint density at radius 1 is 1.28 bits per heavy atom. The number of aromatic nitrogens is 2. The zero-order valence-electron chi connectivity index (χ0n) is 10.9. The van der Waals surface area contributed by atoms with Gasteiger partial charge in [-0.1, -0.05) is 25.3 Å². The van der Waals surface area contributed by atoms with Crippen molar-refractivity contribution in [2.24, 2.45) is 7.05 Å². The van der Waals surface area contributed by atoms with Crippen molar-refractivity contribution in [3.8, 4) is 0 Å². The van der Waals surface area contributed by atoms with Crippen LogP contribution >= 0.6 is 0 Å². The summed E-state index contributed by atoms with van der Waals surface area (Å²) >= 11 is 0. The molecule has 0 atom stereocenters. The molecule has 0 saturated heterocycles. The average molecular weight is 244 g/mol. The van der Waals surface area contributed by atoms with Gasteiger partial charge in [-0.25, -0.2) is 4.98 Å². The Morgan fingerprint density at radius 2 is 2.06 bits per heavy atom. The molecule has 3 heteroatoms. The third kappa shape index (κ3) is 1.93. The summed E-state index contributed by atoms with van der Waals surface area (Å²) in [5.41, 5.74) is 3.15. The average Bonchev–Trinajstić information content (AvgIpc) is 2.77. The van der Waals surface area contributed by atoms with Crippen LogP contribution in [0.4, 0.5) is 0 Å². The molecule has 3 rings (SSSR count). The number of rotatable bonds is 2. The van der Waals surface area contributed by atoms with E-state index in [1.807, 2.05) is 12.1 Å². The summed E-state index contributed by atoms with van der Waals surface area (Å²) in [5, 5.41) is 9.21. The molecule has 1 aliphatic carbocycles. The summed E-state index contributed by atoms with van der Waals surface area (Å²) in [4.78, 5) is 4.79. The van der Waals surface area contributed by atoms with Crippen LogP contribution < -0.4 is 0 Å². The summed E-state index contributed by atoms with van der Waals surface area (Å²) in [7, 11) is 2.10. The Kier molecular flexibility index (Phi) is 3.08. The SMILES string of the molecule is Cn1c(C2CCCCC2)nc2ccc(CO)cc21. The zero-order valence-corrected chi connectivity index (χ0v) is 10.9. The molecule has 18 heavy (non-hydrogen) atoms. The van der Waals surface area contributed by atoms with Gasteiger partial charge in [-0.15, -0.1) is 0 Å². The number of hydrogen-bond donors (Lipinski definition) is 1. The van der Waals surface area contributed by atoms with Crippen LogP contribution in [0.5, 0.6) is 0 Å². The van der Waals surface area contributed by atoms with Crippen LogP contribution in [-0.4, -0.2) is 14.7 Å². The predicted molar refractivity (Wildman–Crippen MR) is 72.5 cm³/mol. The molecule has 0 bridgehead atoms. The van der Waals surface area contributed by atoms with E-state index in [2.05, 4.69) is 17.7 Å². The van der Waals surface area contributed by atoms with Crippen molar-refractivity contribution in [1.29, 1.82) is 0 Å². The van der Waals surface area contributed by atoms with Crippen LogP contribution in [0.2, 0.25) is 0 Å². The van der Waals surface area contributed by atoms with Crippen molar-refractivity contribution < 1.29 is 5.11 Å². The number of aliphatic hydroxyl groups excluding tert-OH is 1. The van der Waals surface area contributed by atoms with Gasteiger partial charge in [0.25, 0.3) is 0 Å². The summed E-state index contributed by atoms with van der Waals surface area (Å²) in [6.07, 6.45) is 6.56. The lowest BCUT2D eigenvalue weighted by atomic mass is 9.89. The minimum absolute atomic E-state index is 0.0971. The van der Waals surface area contributed by atoms with Crippen LogP contribution in [0.3, 0.4) is 0 Å². The number of benzene rings is 1. The Balaban J connectivity index is 2.04. The van der Waals surface area contributed by atoms with Crippen LogP contribution in [0.15, 0.2) is 18.2 Å². The fourth-order valence-electron chi connectivity index (χ4n) is 3.08. The summed E-state index contributed by atoms with van der Waals surface area (Å²) in [5.74, 6) is 1.84. The second-order valence-corrected chi connectivity index (χ2v) is 5.35. The maximum Gasteiger partial charge on any atom is 0.112 e. The quantitative estimate of drug-likeness (QED) is 0.881. The number of nitrogens with zero attached hydrogens (tertiary/aromatic N) is 2. The van der Waals surface area contributed by atoms with Crippen molar-refractivity contribution in [1.82, 2.24) is 9.55 Å². The molecule has 1 N–H and O–H groups in total. The third-order valence-corrected chi connectivity index (χ3v) is 4.13. The van der Waals surface area contributed by atoms with Gasteiger partial charge in [-0.3, -0.25) is 0 Å². The van der Waals surface area contributed by atoms with Gasteiger partial charge in [-0.2, -0.15) is 0 Å². The highest BCUT2D eigenvalue weighted by atomic mass is 16.3. The Morgan fingerprint density at radius 3 is 2.78 bits per heavy atom. The predicted octanol–water partition coefficient (Wildman–Crippen LogP) is 3.11. The largest absolute Gasteiger partial charge is 0.392 e. The summed E-state index contributed by atoms with van der Waals surface area (Å²) in [6, 6.07) is 6.03. The Bertz CT molecular complexity index is 553. The van der Waals surface area contributed by atoms with Gasteiger partial charge in [0.2, 0.25) is 0 Å². The van der Waals surface area contributed by atoms with Crippen molar-refractivity contribution in [2.75, 3.05) is 0 Å². The van der Waals surface area contributed by atoms with E-state index in [1.54, 1.807) is 0 Å². The minimum atomic E-state index is 0.0971. The molecule has 0 unspecified atom stereocenters. The molecule has 1 aromatic carbocycles. The maximum absolute atomic E-state index is 9.21. The molecule has 0 aliphatic heterocycles. The maximum atomic E-state index is 9.21. The van der Waals surface area contributed by atoms with Crippen molar-refractivity contribution >= 4 is 11.0 Å².